The molecule has 0 radical (unpaired) electrons. The van der Waals surface area contributed by atoms with Gasteiger partial charge in [-0.3, -0.25) is 4.90 Å². The molecule has 72 valence electrons. The molecule has 0 aromatic heterocycles. The van der Waals surface area contributed by atoms with E-state index in [1.807, 2.05) is 11.8 Å². The first-order valence-corrected chi connectivity index (χ1v) is 5.19. The second-order valence-corrected chi connectivity index (χ2v) is 4.46. The summed E-state index contributed by atoms with van der Waals surface area (Å²) in [5, 5.41) is 0. The van der Waals surface area contributed by atoms with E-state index in [9.17, 15) is 8.78 Å². The van der Waals surface area contributed by atoms with E-state index >= 15 is 0 Å². The second-order valence-electron chi connectivity index (χ2n) is 3.28. The summed E-state index contributed by atoms with van der Waals surface area (Å²) in [5.74, 6) is 0. The zero-order valence-corrected chi connectivity index (χ0v) is 8.73. The Kier molecular flexibility index (Phi) is 3.90. The Bertz CT molecular complexity index is 143. The van der Waals surface area contributed by atoms with Crippen molar-refractivity contribution in [1.29, 1.82) is 0 Å². The smallest absolute Gasteiger partial charge is 0.251 e. The molecule has 0 N–H and O–H groups in total. The van der Waals surface area contributed by atoms with E-state index in [1.165, 1.54) is 0 Å². The van der Waals surface area contributed by atoms with Gasteiger partial charge in [-0.1, -0.05) is 15.9 Å². The Labute approximate surface area is 80.2 Å². The normalized spacial score (nSPS) is 32.8. The lowest BCUT2D eigenvalue weighted by molar-refractivity contribution is 0.0574. The quantitative estimate of drug-likeness (QED) is 0.672. The third kappa shape index (κ3) is 2.66. The minimum atomic E-state index is -2.20. The topological polar surface area (TPSA) is 3.24 Å². The van der Waals surface area contributed by atoms with Crippen molar-refractivity contribution in [1.82, 2.24) is 4.90 Å². The zero-order chi connectivity index (χ0) is 9.14. The highest BCUT2D eigenvalue weighted by Gasteiger charge is 2.27. The molecule has 0 aromatic rings. The average molecular weight is 242 g/mol. The lowest BCUT2D eigenvalue weighted by Gasteiger charge is -2.36. The summed E-state index contributed by atoms with van der Waals surface area (Å²) in [6.45, 7) is 2.73. The fraction of sp³-hybridized carbons (Fsp3) is 1.00. The molecular formula is C8H14BrF2N. The van der Waals surface area contributed by atoms with Gasteiger partial charge in [0.2, 0.25) is 0 Å². The highest BCUT2D eigenvalue weighted by Crippen LogP contribution is 2.23. The number of piperidine rings is 1. The van der Waals surface area contributed by atoms with Crippen LogP contribution in [0, 0.1) is 0 Å². The van der Waals surface area contributed by atoms with Crippen LogP contribution in [0.1, 0.15) is 19.8 Å². The molecule has 0 aliphatic carbocycles. The van der Waals surface area contributed by atoms with Gasteiger partial charge in [0.25, 0.3) is 6.43 Å². The lowest BCUT2D eigenvalue weighted by atomic mass is 10.0. The van der Waals surface area contributed by atoms with Gasteiger partial charge in [0.05, 0.1) is 6.54 Å². The number of rotatable bonds is 2. The number of alkyl halides is 3. The number of nitrogens with zero attached hydrogens (tertiary/aromatic N) is 1. The van der Waals surface area contributed by atoms with E-state index in [1.54, 1.807) is 0 Å². The first-order valence-electron chi connectivity index (χ1n) is 4.27. The molecule has 1 rings (SSSR count). The van der Waals surface area contributed by atoms with Gasteiger partial charge in [0, 0.05) is 10.9 Å². The van der Waals surface area contributed by atoms with Gasteiger partial charge in [-0.15, -0.1) is 0 Å². The van der Waals surface area contributed by atoms with Crippen molar-refractivity contribution in [2.24, 2.45) is 0 Å². The molecular weight excluding hydrogens is 228 g/mol. The van der Waals surface area contributed by atoms with Crippen LogP contribution in [0.15, 0.2) is 0 Å². The van der Waals surface area contributed by atoms with Crippen molar-refractivity contribution in [3.05, 3.63) is 0 Å². The average Bonchev–Trinajstić information content (AvgIpc) is 1.98. The minimum Gasteiger partial charge on any atom is -0.294 e. The van der Waals surface area contributed by atoms with Gasteiger partial charge < -0.3 is 0 Å². The predicted octanol–water partition coefficient (Wildman–Crippen LogP) is 2.50. The van der Waals surface area contributed by atoms with Crippen molar-refractivity contribution in [2.45, 2.75) is 37.1 Å². The van der Waals surface area contributed by atoms with E-state index < -0.39 is 6.43 Å². The molecule has 1 aliphatic rings. The minimum absolute atomic E-state index is 0.0801. The van der Waals surface area contributed by atoms with E-state index in [0.717, 1.165) is 19.4 Å². The molecule has 12 heavy (non-hydrogen) atoms. The Hall–Kier alpha value is 0.300. The first-order chi connectivity index (χ1) is 5.61. The lowest BCUT2D eigenvalue weighted by Crippen LogP contribution is -2.45. The summed E-state index contributed by atoms with van der Waals surface area (Å²) in [7, 11) is 0. The van der Waals surface area contributed by atoms with Crippen molar-refractivity contribution >= 4 is 15.9 Å². The molecule has 2 atom stereocenters. The molecule has 0 saturated carbocycles. The largest absolute Gasteiger partial charge is 0.294 e. The Morgan fingerprint density at radius 2 is 2.25 bits per heavy atom. The molecule has 1 fully saturated rings. The molecule has 2 unspecified atom stereocenters. The summed E-state index contributed by atoms with van der Waals surface area (Å²) >= 11 is 3.50. The van der Waals surface area contributed by atoms with Gasteiger partial charge in [0.1, 0.15) is 0 Å². The van der Waals surface area contributed by atoms with E-state index in [0.29, 0.717) is 4.83 Å². The number of likely N-dealkylation sites (tertiary alicyclic amines) is 1. The van der Waals surface area contributed by atoms with Crippen LogP contribution in [0.5, 0.6) is 0 Å². The predicted molar refractivity (Wildman–Crippen MR) is 49.0 cm³/mol. The molecule has 1 heterocycles. The van der Waals surface area contributed by atoms with Crippen LogP contribution in [0.3, 0.4) is 0 Å². The molecule has 0 amide bonds. The summed E-state index contributed by atoms with van der Waals surface area (Å²) in [4.78, 5) is 2.23. The van der Waals surface area contributed by atoms with Crippen molar-refractivity contribution in [3.8, 4) is 0 Å². The van der Waals surface area contributed by atoms with Gasteiger partial charge in [0.15, 0.2) is 0 Å². The summed E-state index contributed by atoms with van der Waals surface area (Å²) < 4.78 is 24.1. The van der Waals surface area contributed by atoms with Crippen LogP contribution in [0.25, 0.3) is 0 Å². The van der Waals surface area contributed by atoms with Crippen molar-refractivity contribution < 1.29 is 8.78 Å². The fourth-order valence-corrected chi connectivity index (χ4v) is 2.26. The molecule has 1 saturated heterocycles. The SMILES string of the molecule is CC1C(Br)CCCN1CC(F)F. The van der Waals surface area contributed by atoms with Crippen LogP contribution in [-0.4, -0.2) is 35.3 Å². The van der Waals surface area contributed by atoms with E-state index in [-0.39, 0.29) is 12.6 Å². The van der Waals surface area contributed by atoms with Crippen LogP contribution in [0.4, 0.5) is 8.78 Å². The first kappa shape index (κ1) is 10.4. The molecule has 0 spiro atoms. The van der Waals surface area contributed by atoms with E-state index in [4.69, 9.17) is 0 Å². The number of hydrogen-bond acceptors (Lipinski definition) is 1. The van der Waals surface area contributed by atoms with Crippen LogP contribution in [-0.2, 0) is 0 Å². The van der Waals surface area contributed by atoms with Crippen LogP contribution >= 0.6 is 15.9 Å². The zero-order valence-electron chi connectivity index (χ0n) is 7.14. The third-order valence-corrected chi connectivity index (χ3v) is 3.62. The van der Waals surface area contributed by atoms with Gasteiger partial charge in [-0.05, 0) is 26.3 Å². The highest BCUT2D eigenvalue weighted by atomic mass is 79.9. The number of hydrogen-bond donors (Lipinski definition) is 0. The van der Waals surface area contributed by atoms with E-state index in [2.05, 4.69) is 15.9 Å². The Morgan fingerprint density at radius 3 is 2.83 bits per heavy atom. The Balaban J connectivity index is 2.41. The second kappa shape index (κ2) is 4.51. The molecule has 0 aromatic carbocycles. The van der Waals surface area contributed by atoms with Crippen molar-refractivity contribution in [3.63, 3.8) is 0 Å². The standard InChI is InChI=1S/C8H14BrF2N/c1-6-7(9)3-2-4-12(6)5-8(10)11/h6-8H,2-5H2,1H3. The molecule has 0 bridgehead atoms. The summed E-state index contributed by atoms with van der Waals surface area (Å²) in [6, 6.07) is 0.243. The highest BCUT2D eigenvalue weighted by molar-refractivity contribution is 9.09. The monoisotopic (exact) mass is 241 g/mol. The molecule has 1 aliphatic heterocycles. The maximum Gasteiger partial charge on any atom is 0.251 e. The summed E-state index contributed by atoms with van der Waals surface area (Å²) in [5.41, 5.74) is 0. The maximum atomic E-state index is 12.1. The fourth-order valence-electron chi connectivity index (χ4n) is 1.60. The van der Waals surface area contributed by atoms with Gasteiger partial charge >= 0.3 is 0 Å². The van der Waals surface area contributed by atoms with Crippen molar-refractivity contribution in [2.75, 3.05) is 13.1 Å². The number of halogens is 3. The Morgan fingerprint density at radius 1 is 1.58 bits per heavy atom. The third-order valence-electron chi connectivity index (χ3n) is 2.40. The molecule has 1 nitrogen and oxygen atoms in total. The van der Waals surface area contributed by atoms with Crippen LogP contribution in [0.2, 0.25) is 0 Å². The molecule has 4 heteroatoms. The van der Waals surface area contributed by atoms with Gasteiger partial charge in [-0.25, -0.2) is 8.78 Å². The summed E-state index contributed by atoms with van der Waals surface area (Å²) in [6.07, 6.45) is -0.0845. The maximum absolute atomic E-state index is 12.1. The van der Waals surface area contributed by atoms with Crippen LogP contribution < -0.4 is 0 Å². The van der Waals surface area contributed by atoms with Gasteiger partial charge in [-0.2, -0.15) is 0 Å².